The molecular weight excluding hydrogens is 555 g/mol. The van der Waals surface area contributed by atoms with Crippen LogP contribution >= 0.6 is 39.1 Å². The summed E-state index contributed by atoms with van der Waals surface area (Å²) < 4.78 is 0.799. The molecule has 2 aromatic carbocycles. The number of hydrogen-bond acceptors (Lipinski definition) is 4. The fourth-order valence-corrected chi connectivity index (χ4v) is 6.62. The predicted octanol–water partition coefficient (Wildman–Crippen LogP) is 5.05. The molecule has 0 aromatic heterocycles. The highest BCUT2D eigenvalue weighted by molar-refractivity contribution is 9.10. The maximum Gasteiger partial charge on any atom is 0.273 e. The van der Waals surface area contributed by atoms with Gasteiger partial charge >= 0.3 is 0 Å². The Bertz CT molecular complexity index is 1290. The number of ketones is 1. The molecule has 1 aliphatic heterocycles. The Kier molecular flexibility index (Phi) is 5.43. The highest BCUT2D eigenvalue weighted by Gasteiger charge is 2.68. The molecule has 1 heterocycles. The van der Waals surface area contributed by atoms with Crippen LogP contribution in [0.4, 0.5) is 0 Å². The summed E-state index contributed by atoms with van der Waals surface area (Å²) in [5.74, 6) is -2.03. The van der Waals surface area contributed by atoms with E-state index in [2.05, 4.69) is 28.1 Å². The summed E-state index contributed by atoms with van der Waals surface area (Å²) in [5, 5.41) is 2.33. The van der Waals surface area contributed by atoms with Crippen LogP contribution in [-0.4, -0.2) is 40.1 Å². The summed E-state index contributed by atoms with van der Waals surface area (Å²) in [7, 11) is 0. The summed E-state index contributed by atoms with van der Waals surface area (Å²) >= 11 is 15.5. The molecule has 2 aromatic rings. The number of halogens is 3. The van der Waals surface area contributed by atoms with Gasteiger partial charge in [0.15, 0.2) is 5.78 Å². The lowest BCUT2D eigenvalue weighted by molar-refractivity contribution is -0.154. The number of nitrogens with zero attached hydrogens (tertiary/aromatic N) is 2. The summed E-state index contributed by atoms with van der Waals surface area (Å²) in [6.07, 6.45) is 5.16. The van der Waals surface area contributed by atoms with Crippen LogP contribution in [0, 0.1) is 35.5 Å². The van der Waals surface area contributed by atoms with Gasteiger partial charge in [-0.05, 0) is 60.4 Å². The zero-order chi connectivity index (χ0) is 24.6. The maximum atomic E-state index is 13.7. The number of hydrazine groups is 1. The molecule has 0 N–H and O–H groups in total. The molecule has 3 fully saturated rings. The normalized spacial score (nSPS) is 29.7. The molecule has 5 aliphatic rings. The van der Waals surface area contributed by atoms with Crippen molar-refractivity contribution in [3.05, 3.63) is 80.3 Å². The summed E-state index contributed by atoms with van der Waals surface area (Å²) in [5.41, 5.74) is 0.488. The lowest BCUT2D eigenvalue weighted by atomic mass is 9.63. The molecule has 2 bridgehead atoms. The Labute approximate surface area is 219 Å². The first kappa shape index (κ1) is 23.0. The van der Waals surface area contributed by atoms with Crippen molar-refractivity contribution in [1.82, 2.24) is 10.0 Å². The molecule has 0 unspecified atom stereocenters. The van der Waals surface area contributed by atoms with Gasteiger partial charge in [-0.2, -0.15) is 5.01 Å². The fraction of sp³-hybridized carbons (Fsp3) is 0.308. The first-order valence-electron chi connectivity index (χ1n) is 11.4. The van der Waals surface area contributed by atoms with Gasteiger partial charge in [0.2, 0.25) is 0 Å². The highest BCUT2D eigenvalue weighted by atomic mass is 79.9. The van der Waals surface area contributed by atoms with Crippen molar-refractivity contribution in [3.63, 3.8) is 0 Å². The van der Waals surface area contributed by atoms with E-state index in [1.54, 1.807) is 24.3 Å². The molecule has 0 radical (unpaired) electrons. The quantitative estimate of drug-likeness (QED) is 0.285. The Balaban J connectivity index is 1.37. The van der Waals surface area contributed by atoms with Crippen molar-refractivity contribution in [2.75, 3.05) is 6.54 Å². The summed E-state index contributed by atoms with van der Waals surface area (Å²) in [6, 6.07) is 11.0. The molecule has 2 saturated carbocycles. The largest absolute Gasteiger partial charge is 0.292 e. The second kappa shape index (κ2) is 8.29. The second-order valence-electron chi connectivity index (χ2n) is 9.56. The van der Waals surface area contributed by atoms with E-state index in [0.29, 0.717) is 17.4 Å². The van der Waals surface area contributed by atoms with Crippen LogP contribution in [0.3, 0.4) is 0 Å². The molecule has 35 heavy (non-hydrogen) atoms. The molecule has 6 nitrogen and oxygen atoms in total. The summed E-state index contributed by atoms with van der Waals surface area (Å²) in [4.78, 5) is 54.2. The average Bonchev–Trinajstić information content (AvgIpc) is 3.63. The fourth-order valence-electron chi connectivity index (χ4n) is 6.05. The number of amides is 3. The third kappa shape index (κ3) is 3.59. The van der Waals surface area contributed by atoms with Crippen molar-refractivity contribution in [2.45, 2.75) is 6.42 Å². The lowest BCUT2D eigenvalue weighted by Crippen LogP contribution is -2.52. The van der Waals surface area contributed by atoms with Crippen LogP contribution in [0.5, 0.6) is 0 Å². The Morgan fingerprint density at radius 2 is 1.46 bits per heavy atom. The zero-order valence-corrected chi connectivity index (χ0v) is 21.3. The van der Waals surface area contributed by atoms with Crippen molar-refractivity contribution >= 4 is 62.6 Å². The predicted molar refractivity (Wildman–Crippen MR) is 133 cm³/mol. The van der Waals surface area contributed by atoms with Crippen LogP contribution in [-0.2, 0) is 9.59 Å². The SMILES string of the molecule is O=C(CN(C(=O)c1ccc(Cl)c(Cl)c1)N1C(=O)[C@@H]2[C@H]3C=C[C@@H]([C@@H]4C[C@@H]34)[C@H]2C1=O)c1ccc(Br)cc1. The third-order valence-electron chi connectivity index (χ3n) is 7.74. The molecule has 0 spiro atoms. The minimum atomic E-state index is -0.667. The third-order valence-corrected chi connectivity index (χ3v) is 9.01. The van der Waals surface area contributed by atoms with Crippen molar-refractivity contribution in [1.29, 1.82) is 0 Å². The van der Waals surface area contributed by atoms with Gasteiger partial charge in [0.25, 0.3) is 17.7 Å². The van der Waals surface area contributed by atoms with Crippen molar-refractivity contribution < 1.29 is 19.2 Å². The number of benzene rings is 2. The van der Waals surface area contributed by atoms with Crippen LogP contribution < -0.4 is 0 Å². The first-order chi connectivity index (χ1) is 16.8. The van der Waals surface area contributed by atoms with Crippen LogP contribution in [0.1, 0.15) is 27.1 Å². The van der Waals surface area contributed by atoms with Crippen molar-refractivity contribution in [2.24, 2.45) is 35.5 Å². The average molecular weight is 574 g/mol. The van der Waals surface area contributed by atoms with Crippen LogP contribution in [0.25, 0.3) is 0 Å². The number of imide groups is 1. The molecular formula is C26H19BrCl2N2O4. The smallest absolute Gasteiger partial charge is 0.273 e. The highest BCUT2D eigenvalue weighted by Crippen LogP contribution is 2.65. The van der Waals surface area contributed by atoms with Crippen LogP contribution in [0.2, 0.25) is 10.0 Å². The number of hydrogen-bond donors (Lipinski definition) is 0. The Hall–Kier alpha value is -2.48. The van der Waals surface area contributed by atoms with Gasteiger partial charge in [-0.3, -0.25) is 19.2 Å². The Morgan fingerprint density at radius 1 is 0.886 bits per heavy atom. The van der Waals surface area contributed by atoms with E-state index in [-0.39, 0.29) is 27.4 Å². The van der Waals surface area contributed by atoms with Crippen molar-refractivity contribution in [3.8, 4) is 0 Å². The second-order valence-corrected chi connectivity index (χ2v) is 11.3. The maximum absolute atomic E-state index is 13.7. The number of carbonyl (C=O) groups excluding carboxylic acids is 4. The standard InChI is InChI=1S/C26H19BrCl2N2O4/c27-14-4-1-12(2-5-14)21(32)11-30(24(33)13-3-8-19(28)20(29)9-13)31-25(34)22-15-6-7-16(18-10-17(15)18)23(22)26(31)35/h1-9,15-18,22-23H,10-11H2/t15-,16-,17-,18-,22+,23+/m0/s1. The molecule has 1 saturated heterocycles. The monoisotopic (exact) mass is 572 g/mol. The lowest BCUT2D eigenvalue weighted by Gasteiger charge is -2.37. The summed E-state index contributed by atoms with van der Waals surface area (Å²) in [6.45, 7) is -0.465. The van der Waals surface area contributed by atoms with E-state index in [9.17, 15) is 19.2 Å². The van der Waals surface area contributed by atoms with Gasteiger partial charge in [-0.15, -0.1) is 0 Å². The van der Waals surface area contributed by atoms with Gasteiger partial charge in [-0.1, -0.05) is 63.4 Å². The van der Waals surface area contributed by atoms with Gasteiger partial charge in [0, 0.05) is 15.6 Å². The minimum Gasteiger partial charge on any atom is -0.292 e. The number of Topliss-reactive ketones (excluding diaryl/α,β-unsaturated/α-hetero) is 1. The van der Waals surface area contributed by atoms with Gasteiger partial charge in [0.05, 0.1) is 21.9 Å². The molecule has 3 amide bonds. The van der Waals surface area contributed by atoms with E-state index in [1.165, 1.54) is 18.2 Å². The van der Waals surface area contributed by atoms with E-state index in [1.807, 2.05) is 0 Å². The number of carbonyl (C=O) groups is 4. The van der Waals surface area contributed by atoms with Gasteiger partial charge < -0.3 is 0 Å². The van der Waals surface area contributed by atoms with Gasteiger partial charge in [-0.25, -0.2) is 5.01 Å². The van der Waals surface area contributed by atoms with Gasteiger partial charge in [0.1, 0.15) is 6.54 Å². The number of rotatable bonds is 5. The van der Waals surface area contributed by atoms with E-state index in [4.69, 9.17) is 23.2 Å². The molecule has 7 rings (SSSR count). The molecule has 9 heteroatoms. The van der Waals surface area contributed by atoms with E-state index >= 15 is 0 Å². The zero-order valence-electron chi connectivity index (χ0n) is 18.2. The molecule has 178 valence electrons. The molecule has 4 aliphatic carbocycles. The Morgan fingerprint density at radius 3 is 2.03 bits per heavy atom. The molecule has 6 atom stereocenters. The van der Waals surface area contributed by atoms with Crippen LogP contribution in [0.15, 0.2) is 59.1 Å². The van der Waals surface area contributed by atoms with E-state index < -0.39 is 41.9 Å². The number of allylic oxidation sites excluding steroid dienone is 2. The first-order valence-corrected chi connectivity index (χ1v) is 12.9. The topological polar surface area (TPSA) is 74.8 Å². The van der Waals surface area contributed by atoms with E-state index in [0.717, 1.165) is 20.9 Å². The minimum absolute atomic E-state index is 0.000512.